The summed E-state index contributed by atoms with van der Waals surface area (Å²) in [6.45, 7) is 2.26. The predicted octanol–water partition coefficient (Wildman–Crippen LogP) is 7.00. The second-order valence-electron chi connectivity index (χ2n) is 8.37. The molecule has 0 aliphatic rings. The van der Waals surface area contributed by atoms with Crippen LogP contribution in [0, 0.1) is 0 Å². The monoisotopic (exact) mass is 575 g/mol. The van der Waals surface area contributed by atoms with Crippen molar-refractivity contribution in [2.24, 2.45) is 5.10 Å². The van der Waals surface area contributed by atoms with Gasteiger partial charge in [-0.2, -0.15) is 9.78 Å². The van der Waals surface area contributed by atoms with Crippen LogP contribution in [0.3, 0.4) is 0 Å². The molecule has 0 saturated heterocycles. The van der Waals surface area contributed by atoms with Crippen LogP contribution in [0.5, 0.6) is 11.5 Å². The van der Waals surface area contributed by atoms with E-state index in [1.165, 1.54) is 4.68 Å². The molecule has 37 heavy (non-hydrogen) atoms. The minimum absolute atomic E-state index is 0.243. The van der Waals surface area contributed by atoms with Crippen LogP contribution in [0.1, 0.15) is 23.9 Å². The third kappa shape index (κ3) is 5.10. The zero-order valence-electron chi connectivity index (χ0n) is 20.2. The first kappa shape index (κ1) is 25.0. The lowest BCUT2D eigenvalue weighted by molar-refractivity contribution is 0.286. The smallest absolute Gasteiger partial charge is 0.282 e. The molecule has 0 atom stereocenters. The fourth-order valence-electron chi connectivity index (χ4n) is 4.19. The summed E-state index contributed by atoms with van der Waals surface area (Å²) in [6, 6.07) is 23.2. The molecule has 186 valence electrons. The molecule has 0 N–H and O–H groups in total. The summed E-state index contributed by atoms with van der Waals surface area (Å²) in [6.07, 6.45) is 2.11. The molecule has 0 fully saturated rings. The molecule has 0 bridgehead atoms. The molecule has 5 rings (SSSR count). The molecule has 5 aromatic rings. The Kier molecular flexibility index (Phi) is 7.26. The van der Waals surface area contributed by atoms with Gasteiger partial charge in [-0.3, -0.25) is 4.79 Å². The van der Waals surface area contributed by atoms with E-state index in [2.05, 4.69) is 44.2 Å². The van der Waals surface area contributed by atoms with E-state index in [4.69, 9.17) is 21.1 Å². The first-order chi connectivity index (χ1) is 18.0. The Morgan fingerprint density at radius 2 is 1.86 bits per heavy atom. The second-order valence-corrected chi connectivity index (χ2v) is 9.69. The fourth-order valence-corrected chi connectivity index (χ4v) is 4.82. The highest BCUT2D eigenvalue weighted by atomic mass is 79.9. The van der Waals surface area contributed by atoms with Gasteiger partial charge in [0.05, 0.1) is 29.2 Å². The SMILES string of the molecule is CCc1nc2ccc(Br)cc2c(=O)n1N=Cc1cc(Cl)c(OCc2cccc3ccccc23)c(OC)c1. The van der Waals surface area contributed by atoms with E-state index in [1.807, 2.05) is 43.3 Å². The molecular weight excluding hydrogens is 554 g/mol. The summed E-state index contributed by atoms with van der Waals surface area (Å²) >= 11 is 10.0. The zero-order valence-corrected chi connectivity index (χ0v) is 22.6. The van der Waals surface area contributed by atoms with Crippen LogP contribution in [0.25, 0.3) is 21.7 Å². The minimum atomic E-state index is -0.243. The van der Waals surface area contributed by atoms with Crippen molar-refractivity contribution in [1.82, 2.24) is 9.66 Å². The molecule has 0 radical (unpaired) electrons. The van der Waals surface area contributed by atoms with Gasteiger partial charge in [-0.25, -0.2) is 4.98 Å². The number of aryl methyl sites for hydroxylation is 1. The lowest BCUT2D eigenvalue weighted by atomic mass is 10.1. The summed E-state index contributed by atoms with van der Waals surface area (Å²) in [7, 11) is 1.56. The maximum absolute atomic E-state index is 13.2. The Morgan fingerprint density at radius 3 is 2.68 bits per heavy atom. The van der Waals surface area contributed by atoms with Crippen molar-refractivity contribution in [2.75, 3.05) is 7.11 Å². The molecule has 0 aliphatic carbocycles. The number of nitrogens with zero attached hydrogens (tertiary/aromatic N) is 3. The van der Waals surface area contributed by atoms with E-state index in [0.29, 0.717) is 51.8 Å². The van der Waals surface area contributed by atoms with Crippen molar-refractivity contribution in [3.63, 3.8) is 0 Å². The van der Waals surface area contributed by atoms with Crippen molar-refractivity contribution in [1.29, 1.82) is 0 Å². The van der Waals surface area contributed by atoms with Gasteiger partial charge >= 0.3 is 0 Å². The molecule has 0 saturated carbocycles. The van der Waals surface area contributed by atoms with Crippen molar-refractivity contribution < 1.29 is 9.47 Å². The molecule has 0 aliphatic heterocycles. The van der Waals surface area contributed by atoms with E-state index in [0.717, 1.165) is 20.8 Å². The van der Waals surface area contributed by atoms with Gasteiger partial charge in [-0.15, -0.1) is 0 Å². The maximum Gasteiger partial charge on any atom is 0.282 e. The number of aromatic nitrogens is 2. The van der Waals surface area contributed by atoms with Crippen LogP contribution in [-0.4, -0.2) is 23.0 Å². The first-order valence-electron chi connectivity index (χ1n) is 11.7. The highest BCUT2D eigenvalue weighted by Gasteiger charge is 2.14. The average molecular weight is 577 g/mol. The Labute approximate surface area is 227 Å². The molecule has 0 amide bonds. The van der Waals surface area contributed by atoms with E-state index in [-0.39, 0.29) is 5.56 Å². The minimum Gasteiger partial charge on any atom is -0.493 e. The first-order valence-corrected chi connectivity index (χ1v) is 12.9. The summed E-state index contributed by atoms with van der Waals surface area (Å²) in [4.78, 5) is 17.8. The van der Waals surface area contributed by atoms with Crippen LogP contribution in [0.15, 0.2) is 87.2 Å². The Morgan fingerprint density at radius 1 is 1.05 bits per heavy atom. The van der Waals surface area contributed by atoms with Crippen molar-refractivity contribution in [3.05, 3.63) is 110 Å². The topological polar surface area (TPSA) is 65.7 Å². The second kappa shape index (κ2) is 10.7. The van der Waals surface area contributed by atoms with Gasteiger partial charge in [0.25, 0.3) is 5.56 Å². The number of ether oxygens (including phenoxy) is 2. The number of methoxy groups -OCH3 is 1. The van der Waals surface area contributed by atoms with E-state index in [9.17, 15) is 4.79 Å². The van der Waals surface area contributed by atoms with Crippen LogP contribution in [-0.2, 0) is 13.0 Å². The zero-order chi connectivity index (χ0) is 25.9. The molecule has 6 nitrogen and oxygen atoms in total. The molecule has 0 unspecified atom stereocenters. The molecular formula is C29H23BrClN3O3. The van der Waals surface area contributed by atoms with Crippen LogP contribution in [0.4, 0.5) is 0 Å². The number of halogens is 2. The molecule has 0 spiro atoms. The number of fused-ring (bicyclic) bond motifs is 2. The van der Waals surface area contributed by atoms with E-state index in [1.54, 1.807) is 31.5 Å². The quantitative estimate of drug-likeness (QED) is 0.196. The number of hydrogen-bond acceptors (Lipinski definition) is 5. The lowest BCUT2D eigenvalue weighted by Crippen LogP contribution is -2.22. The highest BCUT2D eigenvalue weighted by molar-refractivity contribution is 9.10. The third-order valence-corrected chi connectivity index (χ3v) is 6.79. The number of hydrogen-bond donors (Lipinski definition) is 0. The number of rotatable bonds is 7. The van der Waals surface area contributed by atoms with E-state index >= 15 is 0 Å². The third-order valence-electron chi connectivity index (χ3n) is 6.02. The van der Waals surface area contributed by atoms with Gasteiger partial charge < -0.3 is 9.47 Å². The van der Waals surface area contributed by atoms with Crippen molar-refractivity contribution in [3.8, 4) is 11.5 Å². The Bertz CT molecular complexity index is 1710. The summed E-state index contributed by atoms with van der Waals surface area (Å²) in [5, 5.41) is 7.58. The van der Waals surface area contributed by atoms with Gasteiger partial charge in [0, 0.05) is 10.9 Å². The standard InChI is InChI=1S/C29H23BrClN3O3/c1-3-27-33-25-12-11-21(30)15-23(25)29(35)34(27)32-16-18-13-24(31)28(26(14-18)36-2)37-17-20-9-6-8-19-7-4-5-10-22(19)20/h4-16H,3,17H2,1-2H3. The highest BCUT2D eigenvalue weighted by Crippen LogP contribution is 2.37. The lowest BCUT2D eigenvalue weighted by Gasteiger charge is -2.14. The predicted molar refractivity (Wildman–Crippen MR) is 152 cm³/mol. The van der Waals surface area contributed by atoms with Crippen LogP contribution in [0.2, 0.25) is 5.02 Å². The molecule has 4 aromatic carbocycles. The average Bonchev–Trinajstić information content (AvgIpc) is 2.91. The van der Waals surface area contributed by atoms with Crippen molar-refractivity contribution >= 4 is 55.4 Å². The van der Waals surface area contributed by atoms with Gasteiger partial charge in [-0.05, 0) is 52.2 Å². The van der Waals surface area contributed by atoms with Gasteiger partial charge in [0.2, 0.25) is 0 Å². The van der Waals surface area contributed by atoms with Gasteiger partial charge in [-0.1, -0.05) is 76.9 Å². The van der Waals surface area contributed by atoms with E-state index < -0.39 is 0 Å². The molecule has 8 heteroatoms. The van der Waals surface area contributed by atoms with Gasteiger partial charge in [0.15, 0.2) is 11.5 Å². The van der Waals surface area contributed by atoms with Crippen LogP contribution < -0.4 is 15.0 Å². The summed E-state index contributed by atoms with van der Waals surface area (Å²) in [5.41, 5.74) is 2.09. The fraction of sp³-hybridized carbons (Fsp3) is 0.138. The summed E-state index contributed by atoms with van der Waals surface area (Å²) < 4.78 is 13.8. The Balaban J connectivity index is 1.46. The number of benzene rings is 4. The Hall–Kier alpha value is -3.68. The normalized spacial score (nSPS) is 11.5. The van der Waals surface area contributed by atoms with Gasteiger partial charge in [0.1, 0.15) is 12.4 Å². The molecule has 1 aromatic heterocycles. The van der Waals surface area contributed by atoms with Crippen molar-refractivity contribution in [2.45, 2.75) is 20.0 Å². The van der Waals surface area contributed by atoms with Crippen LogP contribution >= 0.6 is 27.5 Å². The summed E-state index contributed by atoms with van der Waals surface area (Å²) in [5.74, 6) is 1.47. The largest absolute Gasteiger partial charge is 0.493 e. The maximum atomic E-state index is 13.2. The molecule has 1 heterocycles.